The average Bonchev–Trinajstić information content (AvgIpc) is 3.01. The third-order valence-electron chi connectivity index (χ3n) is 6.50. The van der Waals surface area contributed by atoms with Crippen LogP contribution in [0.1, 0.15) is 41.6 Å². The highest BCUT2D eigenvalue weighted by Crippen LogP contribution is 2.36. The van der Waals surface area contributed by atoms with Gasteiger partial charge in [0, 0.05) is 29.7 Å². The molecule has 4 rings (SSSR count). The Morgan fingerprint density at radius 2 is 1.81 bits per heavy atom. The molecule has 0 aromatic heterocycles. The Kier molecular flexibility index (Phi) is 6.68. The number of carbonyl (C=O) groups excluding carboxylic acids is 1. The van der Waals surface area contributed by atoms with Gasteiger partial charge < -0.3 is 14.8 Å². The molecule has 2 atom stereocenters. The van der Waals surface area contributed by atoms with Gasteiger partial charge in [0.15, 0.2) is 11.5 Å². The van der Waals surface area contributed by atoms with Crippen molar-refractivity contribution in [2.45, 2.75) is 50.2 Å². The minimum atomic E-state index is -0.544. The van der Waals surface area contributed by atoms with Gasteiger partial charge in [-0.3, -0.25) is 9.69 Å². The molecule has 2 aromatic rings. The molecule has 7 heteroatoms. The molecule has 1 N–H and O–H groups in total. The lowest BCUT2D eigenvalue weighted by Gasteiger charge is -2.39. The van der Waals surface area contributed by atoms with Gasteiger partial charge in [-0.05, 0) is 68.0 Å². The van der Waals surface area contributed by atoms with Crippen molar-refractivity contribution >= 4 is 17.5 Å². The molecule has 2 aliphatic heterocycles. The Morgan fingerprint density at radius 3 is 2.48 bits per heavy atom. The zero-order valence-corrected chi connectivity index (χ0v) is 18.6. The number of hydrogen-bond acceptors (Lipinski definition) is 4. The number of amides is 1. The van der Waals surface area contributed by atoms with Crippen molar-refractivity contribution in [1.82, 2.24) is 10.2 Å². The summed E-state index contributed by atoms with van der Waals surface area (Å²) >= 11 is 5.93. The monoisotopic (exact) mass is 446 g/mol. The number of methoxy groups -OCH3 is 2. The number of piperidine rings is 1. The summed E-state index contributed by atoms with van der Waals surface area (Å²) in [6.45, 7) is 0.967. The number of ether oxygens (including phenoxy) is 2. The van der Waals surface area contributed by atoms with Crippen LogP contribution in [0.4, 0.5) is 4.39 Å². The zero-order chi connectivity index (χ0) is 22.0. The molecule has 2 unspecified atom stereocenters. The molecule has 2 fully saturated rings. The van der Waals surface area contributed by atoms with Crippen molar-refractivity contribution in [1.29, 1.82) is 0 Å². The van der Waals surface area contributed by atoms with E-state index in [0.717, 1.165) is 50.1 Å². The summed E-state index contributed by atoms with van der Waals surface area (Å²) in [5.41, 5.74) is 1.22. The molecule has 2 heterocycles. The highest BCUT2D eigenvalue weighted by atomic mass is 35.5. The molecule has 2 aliphatic rings. The molecule has 31 heavy (non-hydrogen) atoms. The van der Waals surface area contributed by atoms with E-state index in [1.54, 1.807) is 14.2 Å². The smallest absolute Gasteiger partial charge is 0.254 e. The fourth-order valence-corrected chi connectivity index (χ4v) is 5.16. The Balaban J connectivity index is 1.35. The van der Waals surface area contributed by atoms with Crippen molar-refractivity contribution in [2.75, 3.05) is 20.8 Å². The molecule has 0 saturated carbocycles. The van der Waals surface area contributed by atoms with E-state index < -0.39 is 5.82 Å². The zero-order valence-electron chi connectivity index (χ0n) is 17.9. The van der Waals surface area contributed by atoms with Crippen molar-refractivity contribution in [2.24, 2.45) is 0 Å². The fraction of sp³-hybridized carbons (Fsp3) is 0.458. The first-order valence-corrected chi connectivity index (χ1v) is 11.1. The van der Waals surface area contributed by atoms with Gasteiger partial charge in [-0.2, -0.15) is 0 Å². The van der Waals surface area contributed by atoms with Gasteiger partial charge in [0.1, 0.15) is 5.82 Å². The molecule has 0 radical (unpaired) electrons. The molecule has 0 spiro atoms. The summed E-state index contributed by atoms with van der Waals surface area (Å²) in [7, 11) is 3.29. The molecular weight excluding hydrogens is 419 g/mol. The van der Waals surface area contributed by atoms with Crippen molar-refractivity contribution in [3.8, 4) is 11.5 Å². The average molecular weight is 447 g/mol. The number of carbonyl (C=O) groups is 1. The maximum atomic E-state index is 14.0. The van der Waals surface area contributed by atoms with E-state index in [4.69, 9.17) is 21.1 Å². The first kappa shape index (κ1) is 21.9. The van der Waals surface area contributed by atoms with Gasteiger partial charge in [0.2, 0.25) is 0 Å². The maximum Gasteiger partial charge on any atom is 0.254 e. The Morgan fingerprint density at radius 1 is 1.10 bits per heavy atom. The second-order valence-corrected chi connectivity index (χ2v) is 8.76. The number of hydrogen-bond donors (Lipinski definition) is 1. The van der Waals surface area contributed by atoms with Crippen molar-refractivity contribution in [3.63, 3.8) is 0 Å². The molecule has 2 saturated heterocycles. The molecule has 0 aliphatic carbocycles. The number of benzene rings is 2. The standard InChI is InChI=1S/C24H28ClFN2O3/c1-30-22-8-3-15(11-23(22)31-2)9-10-28-18-5-6-19(28)14-17(13-18)27-24(29)20-12-16(25)4-7-21(20)26/h3-4,7-8,11-12,17-19H,5-6,9-10,13-14H2,1-2H3,(H,27,29). The van der Waals surface area contributed by atoms with Gasteiger partial charge in [0.25, 0.3) is 5.91 Å². The first-order valence-electron chi connectivity index (χ1n) is 10.7. The van der Waals surface area contributed by atoms with E-state index in [0.29, 0.717) is 17.1 Å². The fourth-order valence-electron chi connectivity index (χ4n) is 4.99. The predicted octanol–water partition coefficient (Wildman–Crippen LogP) is 4.46. The van der Waals surface area contributed by atoms with E-state index in [2.05, 4.69) is 16.3 Å². The summed E-state index contributed by atoms with van der Waals surface area (Å²) in [4.78, 5) is 15.1. The van der Waals surface area contributed by atoms with Gasteiger partial charge in [-0.1, -0.05) is 17.7 Å². The second kappa shape index (κ2) is 9.45. The predicted molar refractivity (Wildman–Crippen MR) is 119 cm³/mol. The van der Waals surface area contributed by atoms with Crippen LogP contribution in [-0.4, -0.2) is 49.7 Å². The van der Waals surface area contributed by atoms with Crippen LogP contribution in [0.5, 0.6) is 11.5 Å². The lowest BCUT2D eigenvalue weighted by atomic mass is 9.96. The number of rotatable bonds is 7. The van der Waals surface area contributed by atoms with Crippen LogP contribution in [0.15, 0.2) is 36.4 Å². The normalized spacial score (nSPS) is 22.9. The molecule has 1 amide bonds. The van der Waals surface area contributed by atoms with Crippen molar-refractivity contribution < 1.29 is 18.7 Å². The third-order valence-corrected chi connectivity index (χ3v) is 6.73. The number of fused-ring (bicyclic) bond motifs is 2. The second-order valence-electron chi connectivity index (χ2n) is 8.33. The lowest BCUT2D eigenvalue weighted by Crippen LogP contribution is -2.50. The van der Waals surface area contributed by atoms with Crippen LogP contribution in [0, 0.1) is 5.82 Å². The number of nitrogens with one attached hydrogen (secondary N) is 1. The van der Waals surface area contributed by atoms with Gasteiger partial charge in [0.05, 0.1) is 19.8 Å². The SMILES string of the molecule is COc1ccc(CCN2C3CCC2CC(NC(=O)c2cc(Cl)ccc2F)C3)cc1OC. The molecule has 5 nitrogen and oxygen atoms in total. The van der Waals surface area contributed by atoms with Crippen LogP contribution >= 0.6 is 11.6 Å². The van der Waals surface area contributed by atoms with Crippen molar-refractivity contribution in [3.05, 3.63) is 58.4 Å². The number of halogens is 2. The van der Waals surface area contributed by atoms with Crippen LogP contribution in [0.2, 0.25) is 5.02 Å². The molecule has 166 valence electrons. The summed E-state index contributed by atoms with van der Waals surface area (Å²) in [6.07, 6.45) is 4.97. The Labute approximate surface area is 187 Å². The molecule has 2 bridgehead atoms. The topological polar surface area (TPSA) is 50.8 Å². The van der Waals surface area contributed by atoms with Gasteiger partial charge >= 0.3 is 0 Å². The maximum absolute atomic E-state index is 14.0. The minimum absolute atomic E-state index is 0.00993. The summed E-state index contributed by atoms with van der Waals surface area (Å²) in [5, 5.41) is 3.39. The van der Waals surface area contributed by atoms with Crippen LogP contribution in [0.25, 0.3) is 0 Å². The highest BCUT2D eigenvalue weighted by molar-refractivity contribution is 6.31. The quantitative estimate of drug-likeness (QED) is 0.682. The number of nitrogens with zero attached hydrogens (tertiary/aromatic N) is 1. The Bertz CT molecular complexity index is 940. The van der Waals surface area contributed by atoms with E-state index in [1.165, 1.54) is 23.8 Å². The largest absolute Gasteiger partial charge is 0.493 e. The van der Waals surface area contributed by atoms with Crippen LogP contribution in [-0.2, 0) is 6.42 Å². The summed E-state index contributed by atoms with van der Waals surface area (Å²) < 4.78 is 24.8. The summed E-state index contributed by atoms with van der Waals surface area (Å²) in [5.74, 6) is 0.553. The van der Waals surface area contributed by atoms with Crippen LogP contribution < -0.4 is 14.8 Å². The molecule has 2 aromatic carbocycles. The van der Waals surface area contributed by atoms with E-state index >= 15 is 0 Å². The van der Waals surface area contributed by atoms with E-state index in [9.17, 15) is 9.18 Å². The lowest BCUT2D eigenvalue weighted by molar-refractivity contribution is 0.0844. The van der Waals surface area contributed by atoms with Gasteiger partial charge in [-0.25, -0.2) is 4.39 Å². The first-order chi connectivity index (χ1) is 15.0. The highest BCUT2D eigenvalue weighted by Gasteiger charge is 2.40. The van der Waals surface area contributed by atoms with E-state index in [1.807, 2.05) is 12.1 Å². The van der Waals surface area contributed by atoms with Gasteiger partial charge in [-0.15, -0.1) is 0 Å². The Hall–Kier alpha value is -2.31. The summed E-state index contributed by atoms with van der Waals surface area (Å²) in [6, 6.07) is 11.1. The molecular formula is C24H28ClFN2O3. The van der Waals surface area contributed by atoms with Crippen LogP contribution in [0.3, 0.4) is 0 Å². The minimum Gasteiger partial charge on any atom is -0.493 e. The van der Waals surface area contributed by atoms with E-state index in [-0.39, 0.29) is 17.5 Å². The third kappa shape index (κ3) is 4.80.